The van der Waals surface area contributed by atoms with Crippen LogP contribution in [0.15, 0.2) is 41.7 Å². The van der Waals surface area contributed by atoms with Gasteiger partial charge in [0.1, 0.15) is 5.69 Å². The van der Waals surface area contributed by atoms with E-state index in [-0.39, 0.29) is 23.2 Å². The largest absolute Gasteiger partial charge is 0.344 e. The van der Waals surface area contributed by atoms with Crippen LogP contribution in [0.2, 0.25) is 0 Å². The second kappa shape index (κ2) is 6.78. The van der Waals surface area contributed by atoms with Crippen molar-refractivity contribution in [3.05, 3.63) is 58.5 Å². The van der Waals surface area contributed by atoms with E-state index >= 15 is 0 Å². The lowest BCUT2D eigenvalue weighted by Crippen LogP contribution is -2.30. The highest BCUT2D eigenvalue weighted by Gasteiger charge is 2.18. The van der Waals surface area contributed by atoms with Crippen molar-refractivity contribution in [1.29, 1.82) is 0 Å². The summed E-state index contributed by atoms with van der Waals surface area (Å²) in [6.45, 7) is 4.18. The molecule has 0 spiro atoms. The molecule has 0 saturated heterocycles. The molecule has 1 amide bonds. The molecule has 1 atom stereocenters. The smallest absolute Gasteiger partial charge is 0.271 e. The lowest BCUT2D eigenvalue weighted by molar-refractivity contribution is 0.0926. The van der Waals surface area contributed by atoms with Crippen LogP contribution in [0.4, 0.5) is 0 Å². The summed E-state index contributed by atoms with van der Waals surface area (Å²) in [6.07, 6.45) is 6.64. The van der Waals surface area contributed by atoms with Crippen molar-refractivity contribution in [2.24, 2.45) is 5.92 Å². The highest BCUT2D eigenvalue weighted by atomic mass is 16.2. The highest BCUT2D eigenvalue weighted by molar-refractivity contribution is 5.92. The van der Waals surface area contributed by atoms with E-state index < -0.39 is 0 Å². The molecule has 6 nitrogen and oxygen atoms in total. The third-order valence-electron chi connectivity index (χ3n) is 3.00. The van der Waals surface area contributed by atoms with Gasteiger partial charge in [0.2, 0.25) is 0 Å². The van der Waals surface area contributed by atoms with Gasteiger partial charge in [0.15, 0.2) is 0 Å². The van der Waals surface area contributed by atoms with E-state index in [0.717, 1.165) is 18.2 Å². The van der Waals surface area contributed by atoms with Crippen LogP contribution >= 0.6 is 0 Å². The first-order chi connectivity index (χ1) is 10.1. The minimum Gasteiger partial charge on any atom is -0.344 e. The number of H-pyrrole nitrogens is 1. The number of carbonyl (C=O) groups excluding carboxylic acids is 1. The van der Waals surface area contributed by atoms with Crippen LogP contribution in [-0.4, -0.2) is 20.9 Å². The molecule has 110 valence electrons. The van der Waals surface area contributed by atoms with Crippen LogP contribution in [-0.2, 0) is 0 Å². The fourth-order valence-electron chi connectivity index (χ4n) is 2.03. The summed E-state index contributed by atoms with van der Waals surface area (Å²) in [5, 5.41) is 2.94. The van der Waals surface area contributed by atoms with Crippen LogP contribution in [0.5, 0.6) is 0 Å². The van der Waals surface area contributed by atoms with E-state index in [1.54, 1.807) is 12.4 Å². The van der Waals surface area contributed by atoms with Gasteiger partial charge in [-0.3, -0.25) is 14.6 Å². The summed E-state index contributed by atoms with van der Waals surface area (Å²) >= 11 is 0. The molecular formula is C15H18N4O2. The Labute approximate surface area is 122 Å². The Bertz CT molecular complexity index is 632. The Morgan fingerprint density at radius 3 is 2.76 bits per heavy atom. The lowest BCUT2D eigenvalue weighted by Gasteiger charge is -2.20. The quantitative estimate of drug-likeness (QED) is 0.875. The zero-order chi connectivity index (χ0) is 15.2. The zero-order valence-corrected chi connectivity index (χ0v) is 12.0. The van der Waals surface area contributed by atoms with E-state index in [1.165, 1.54) is 6.20 Å². The molecule has 0 saturated carbocycles. The van der Waals surface area contributed by atoms with Crippen molar-refractivity contribution in [2.75, 3.05) is 0 Å². The van der Waals surface area contributed by atoms with E-state index in [0.29, 0.717) is 5.92 Å². The molecule has 2 heterocycles. The normalized spacial score (nSPS) is 12.1. The molecular weight excluding hydrogens is 268 g/mol. The van der Waals surface area contributed by atoms with Gasteiger partial charge in [-0.25, -0.2) is 4.98 Å². The summed E-state index contributed by atoms with van der Waals surface area (Å²) in [7, 11) is 0. The van der Waals surface area contributed by atoms with Gasteiger partial charge in [-0.2, -0.15) is 0 Å². The van der Waals surface area contributed by atoms with Gasteiger partial charge in [0, 0.05) is 18.6 Å². The number of aromatic amines is 1. The molecule has 21 heavy (non-hydrogen) atoms. The predicted molar refractivity (Wildman–Crippen MR) is 78.8 cm³/mol. The van der Waals surface area contributed by atoms with E-state index in [9.17, 15) is 9.59 Å². The number of aromatic nitrogens is 3. The maximum absolute atomic E-state index is 12.2. The van der Waals surface area contributed by atoms with Crippen molar-refractivity contribution in [1.82, 2.24) is 20.3 Å². The van der Waals surface area contributed by atoms with E-state index in [1.807, 2.05) is 12.1 Å². The average Bonchev–Trinajstić information content (AvgIpc) is 2.47. The molecule has 0 aliphatic rings. The molecule has 0 aliphatic heterocycles. The van der Waals surface area contributed by atoms with Gasteiger partial charge in [-0.15, -0.1) is 0 Å². The van der Waals surface area contributed by atoms with E-state index in [2.05, 4.69) is 34.1 Å². The first-order valence-corrected chi connectivity index (χ1v) is 6.82. The number of nitrogens with zero attached hydrogens (tertiary/aromatic N) is 2. The minimum atomic E-state index is -0.336. The Kier molecular flexibility index (Phi) is 4.81. The minimum absolute atomic E-state index is 0.139. The molecule has 0 aliphatic carbocycles. The molecule has 0 fully saturated rings. The molecule has 0 bridgehead atoms. The monoisotopic (exact) mass is 286 g/mol. The van der Waals surface area contributed by atoms with Crippen LogP contribution < -0.4 is 10.9 Å². The summed E-state index contributed by atoms with van der Waals surface area (Å²) in [5.74, 6) is 0.0970. The maximum Gasteiger partial charge on any atom is 0.271 e. The number of carbonyl (C=O) groups is 1. The van der Waals surface area contributed by atoms with Gasteiger partial charge < -0.3 is 10.3 Å². The number of pyridine rings is 1. The number of amides is 1. The first-order valence-electron chi connectivity index (χ1n) is 6.82. The maximum atomic E-state index is 12.2. The molecule has 2 N–H and O–H groups in total. The lowest BCUT2D eigenvalue weighted by atomic mass is 9.98. The molecule has 2 aromatic heterocycles. The Balaban J connectivity index is 2.17. The zero-order valence-electron chi connectivity index (χ0n) is 12.0. The van der Waals surface area contributed by atoms with Crippen molar-refractivity contribution >= 4 is 5.91 Å². The second-order valence-corrected chi connectivity index (χ2v) is 5.24. The third-order valence-corrected chi connectivity index (χ3v) is 3.00. The summed E-state index contributed by atoms with van der Waals surface area (Å²) in [6, 6.07) is 3.63. The van der Waals surface area contributed by atoms with Crippen molar-refractivity contribution in [3.8, 4) is 0 Å². The van der Waals surface area contributed by atoms with Gasteiger partial charge in [-0.1, -0.05) is 19.9 Å². The van der Waals surface area contributed by atoms with Gasteiger partial charge in [0.05, 0.1) is 12.2 Å². The predicted octanol–water partition coefficient (Wildman–Crippen LogP) is 1.68. The van der Waals surface area contributed by atoms with Gasteiger partial charge in [-0.05, 0) is 24.0 Å². The van der Waals surface area contributed by atoms with Gasteiger partial charge in [0.25, 0.3) is 11.5 Å². The molecule has 2 rings (SSSR count). The third kappa shape index (κ3) is 4.24. The fraction of sp³-hybridized carbons (Fsp3) is 0.333. The molecule has 0 unspecified atom stereocenters. The summed E-state index contributed by atoms with van der Waals surface area (Å²) in [4.78, 5) is 33.5. The Morgan fingerprint density at radius 1 is 1.38 bits per heavy atom. The standard InChI is InChI=1S/C15H18N4O2/c1-10(2)6-12(11-4-3-5-16-7-11)19-15(21)13-8-18-14(20)9-17-13/h3-5,7-10,12H,6H2,1-2H3,(H,18,20)(H,19,21)/t12-/m0/s1. The number of hydrogen-bond acceptors (Lipinski definition) is 4. The van der Waals surface area contributed by atoms with Crippen LogP contribution in [0.1, 0.15) is 42.4 Å². The Morgan fingerprint density at radius 2 is 2.19 bits per heavy atom. The van der Waals surface area contributed by atoms with Crippen molar-refractivity contribution in [3.63, 3.8) is 0 Å². The van der Waals surface area contributed by atoms with Gasteiger partial charge >= 0.3 is 0 Å². The Hall–Kier alpha value is -2.50. The van der Waals surface area contributed by atoms with Crippen molar-refractivity contribution < 1.29 is 4.79 Å². The number of hydrogen-bond donors (Lipinski definition) is 2. The summed E-state index contributed by atoms with van der Waals surface area (Å²) in [5.41, 5.74) is 0.800. The van der Waals surface area contributed by atoms with Crippen LogP contribution in [0.3, 0.4) is 0 Å². The average molecular weight is 286 g/mol. The SMILES string of the molecule is CC(C)C[C@H](NC(=O)c1c[nH]c(=O)cn1)c1cccnc1. The second-order valence-electron chi connectivity index (χ2n) is 5.24. The molecule has 2 aromatic rings. The fourth-order valence-corrected chi connectivity index (χ4v) is 2.03. The highest BCUT2D eigenvalue weighted by Crippen LogP contribution is 2.20. The topological polar surface area (TPSA) is 87.7 Å². The number of nitrogens with one attached hydrogen (secondary N) is 2. The first kappa shape index (κ1) is 14.9. The summed E-state index contributed by atoms with van der Waals surface area (Å²) < 4.78 is 0. The van der Waals surface area contributed by atoms with Crippen LogP contribution in [0, 0.1) is 5.92 Å². The molecule has 6 heteroatoms. The van der Waals surface area contributed by atoms with E-state index in [4.69, 9.17) is 0 Å². The number of rotatable bonds is 5. The van der Waals surface area contributed by atoms with Crippen LogP contribution in [0.25, 0.3) is 0 Å². The van der Waals surface area contributed by atoms with Crippen molar-refractivity contribution in [2.45, 2.75) is 26.3 Å². The molecule has 0 aromatic carbocycles. The molecule has 0 radical (unpaired) electrons.